The molecule has 0 radical (unpaired) electrons. The quantitative estimate of drug-likeness (QED) is 0.887. The van der Waals surface area contributed by atoms with Crippen LogP contribution in [0, 0.1) is 0 Å². The number of amides is 1. The Morgan fingerprint density at radius 2 is 2.17 bits per heavy atom. The third-order valence-corrected chi connectivity index (χ3v) is 3.39. The summed E-state index contributed by atoms with van der Waals surface area (Å²) in [5, 5.41) is 9.35. The molecule has 2 rings (SSSR count). The summed E-state index contributed by atoms with van der Waals surface area (Å²) in [5.74, 6) is 0. The van der Waals surface area contributed by atoms with Crippen LogP contribution in [-0.2, 0) is 21.6 Å². The highest BCUT2D eigenvalue weighted by Crippen LogP contribution is 2.36. The summed E-state index contributed by atoms with van der Waals surface area (Å²) in [7, 11) is 3.05. The number of rotatable bonds is 3. The molecule has 1 aromatic rings. The minimum absolute atomic E-state index is 0.173. The standard InChI is InChI=1S/C13H17NO4/c1-17-9-13(18-2)11-6-4-3-5-10(11)7-8-14(13)12(15)16/h3-6H,7-9H2,1-2H3,(H,15,16). The van der Waals surface area contributed by atoms with E-state index in [0.29, 0.717) is 13.0 Å². The van der Waals surface area contributed by atoms with Crippen molar-refractivity contribution < 1.29 is 19.4 Å². The van der Waals surface area contributed by atoms with Crippen LogP contribution in [-0.4, -0.2) is 43.5 Å². The van der Waals surface area contributed by atoms with Gasteiger partial charge < -0.3 is 14.6 Å². The molecule has 98 valence electrons. The van der Waals surface area contributed by atoms with Crippen LogP contribution >= 0.6 is 0 Å². The van der Waals surface area contributed by atoms with Crippen LogP contribution in [0.2, 0.25) is 0 Å². The highest BCUT2D eigenvalue weighted by atomic mass is 16.6. The molecule has 1 aliphatic heterocycles. The first kappa shape index (κ1) is 12.9. The van der Waals surface area contributed by atoms with Crippen molar-refractivity contribution in [3.63, 3.8) is 0 Å². The number of ether oxygens (including phenoxy) is 2. The molecule has 0 spiro atoms. The van der Waals surface area contributed by atoms with Crippen LogP contribution in [0.25, 0.3) is 0 Å². The maximum atomic E-state index is 11.4. The zero-order valence-corrected chi connectivity index (χ0v) is 10.5. The lowest BCUT2D eigenvalue weighted by molar-refractivity contribution is -0.166. The molecule has 1 amide bonds. The number of benzene rings is 1. The maximum Gasteiger partial charge on any atom is 0.409 e. The van der Waals surface area contributed by atoms with E-state index in [4.69, 9.17) is 9.47 Å². The Hall–Kier alpha value is -1.59. The molecule has 1 aromatic carbocycles. The van der Waals surface area contributed by atoms with Crippen molar-refractivity contribution in [2.24, 2.45) is 0 Å². The minimum atomic E-state index is -1.05. The predicted molar refractivity (Wildman–Crippen MR) is 65.4 cm³/mol. The van der Waals surface area contributed by atoms with Crippen molar-refractivity contribution in [1.29, 1.82) is 0 Å². The molecule has 1 aliphatic rings. The van der Waals surface area contributed by atoms with Gasteiger partial charge in [0.1, 0.15) is 0 Å². The number of carboxylic acid groups (broad SMARTS) is 1. The second-order valence-corrected chi connectivity index (χ2v) is 4.26. The Kier molecular flexibility index (Phi) is 3.54. The Bertz CT molecular complexity index is 448. The van der Waals surface area contributed by atoms with E-state index in [1.165, 1.54) is 19.1 Å². The SMILES string of the molecule is COCC1(OC)c2ccccc2CCN1C(=O)O. The first-order chi connectivity index (χ1) is 8.65. The number of hydrogen-bond donors (Lipinski definition) is 1. The van der Waals surface area contributed by atoms with E-state index in [-0.39, 0.29) is 6.61 Å². The zero-order valence-electron chi connectivity index (χ0n) is 10.5. The van der Waals surface area contributed by atoms with Crippen LogP contribution in [0.1, 0.15) is 11.1 Å². The second-order valence-electron chi connectivity index (χ2n) is 4.26. The molecule has 5 nitrogen and oxygen atoms in total. The number of carbonyl (C=O) groups is 1. The highest BCUT2D eigenvalue weighted by molar-refractivity contribution is 5.67. The molecule has 1 heterocycles. The van der Waals surface area contributed by atoms with Gasteiger partial charge in [-0.15, -0.1) is 0 Å². The van der Waals surface area contributed by atoms with Crippen LogP contribution in [0.4, 0.5) is 4.79 Å². The van der Waals surface area contributed by atoms with Gasteiger partial charge in [0.2, 0.25) is 0 Å². The molecule has 0 fully saturated rings. The van der Waals surface area contributed by atoms with Crippen LogP contribution < -0.4 is 0 Å². The van der Waals surface area contributed by atoms with Crippen molar-refractivity contribution in [2.45, 2.75) is 12.1 Å². The fourth-order valence-corrected chi connectivity index (χ4v) is 2.56. The fourth-order valence-electron chi connectivity index (χ4n) is 2.56. The molecule has 5 heteroatoms. The van der Waals surface area contributed by atoms with E-state index < -0.39 is 11.8 Å². The molecule has 0 saturated carbocycles. The number of nitrogens with zero attached hydrogens (tertiary/aromatic N) is 1. The van der Waals surface area contributed by atoms with E-state index >= 15 is 0 Å². The van der Waals surface area contributed by atoms with Crippen molar-refractivity contribution in [1.82, 2.24) is 4.90 Å². The highest BCUT2D eigenvalue weighted by Gasteiger charge is 2.45. The predicted octanol–water partition coefficient (Wildman–Crippen LogP) is 1.67. The molecule has 0 saturated heterocycles. The van der Waals surface area contributed by atoms with E-state index in [9.17, 15) is 9.90 Å². The summed E-state index contributed by atoms with van der Waals surface area (Å²) in [6.45, 7) is 0.580. The lowest BCUT2D eigenvalue weighted by Gasteiger charge is -2.44. The Morgan fingerprint density at radius 3 is 2.78 bits per heavy atom. The third-order valence-electron chi connectivity index (χ3n) is 3.39. The molecule has 0 aliphatic carbocycles. The van der Waals surface area contributed by atoms with Gasteiger partial charge in [0.05, 0.1) is 6.61 Å². The van der Waals surface area contributed by atoms with Gasteiger partial charge in [0, 0.05) is 26.3 Å². The van der Waals surface area contributed by atoms with E-state index in [1.807, 2.05) is 24.3 Å². The van der Waals surface area contributed by atoms with Crippen molar-refractivity contribution in [3.8, 4) is 0 Å². The normalized spacial score (nSPS) is 22.7. The second kappa shape index (κ2) is 4.96. The van der Waals surface area contributed by atoms with Gasteiger partial charge >= 0.3 is 6.09 Å². The number of hydrogen-bond acceptors (Lipinski definition) is 3. The lowest BCUT2D eigenvalue weighted by atomic mass is 9.90. The number of methoxy groups -OCH3 is 2. The average Bonchev–Trinajstić information content (AvgIpc) is 2.38. The number of fused-ring (bicyclic) bond motifs is 1. The average molecular weight is 251 g/mol. The van der Waals surface area contributed by atoms with Crippen LogP contribution in [0.5, 0.6) is 0 Å². The molecule has 1 unspecified atom stereocenters. The van der Waals surface area contributed by atoms with Gasteiger partial charge in [-0.05, 0) is 12.0 Å². The smallest absolute Gasteiger partial charge is 0.409 e. The first-order valence-electron chi connectivity index (χ1n) is 5.78. The topological polar surface area (TPSA) is 59.0 Å². The summed E-state index contributed by atoms with van der Waals surface area (Å²) >= 11 is 0. The van der Waals surface area contributed by atoms with Crippen molar-refractivity contribution >= 4 is 6.09 Å². The van der Waals surface area contributed by atoms with Crippen LogP contribution in [0.15, 0.2) is 24.3 Å². The Morgan fingerprint density at radius 1 is 1.44 bits per heavy atom. The van der Waals surface area contributed by atoms with Gasteiger partial charge in [0.25, 0.3) is 0 Å². The Balaban J connectivity index is 2.55. The summed E-state index contributed by atoms with van der Waals surface area (Å²) < 4.78 is 10.7. The van der Waals surface area contributed by atoms with Crippen LogP contribution in [0.3, 0.4) is 0 Å². The largest absolute Gasteiger partial charge is 0.465 e. The van der Waals surface area contributed by atoms with Gasteiger partial charge in [-0.3, -0.25) is 4.90 Å². The van der Waals surface area contributed by atoms with Gasteiger partial charge in [0.15, 0.2) is 5.72 Å². The molecular weight excluding hydrogens is 234 g/mol. The molecule has 18 heavy (non-hydrogen) atoms. The molecule has 0 aromatic heterocycles. The minimum Gasteiger partial charge on any atom is -0.465 e. The summed E-state index contributed by atoms with van der Waals surface area (Å²) in [6.07, 6.45) is -0.305. The van der Waals surface area contributed by atoms with Gasteiger partial charge in [-0.2, -0.15) is 0 Å². The molecular formula is C13H17NO4. The molecule has 0 bridgehead atoms. The Labute approximate surface area is 106 Å². The van der Waals surface area contributed by atoms with Crippen molar-refractivity contribution in [3.05, 3.63) is 35.4 Å². The first-order valence-corrected chi connectivity index (χ1v) is 5.78. The summed E-state index contributed by atoms with van der Waals surface area (Å²) in [4.78, 5) is 12.7. The van der Waals surface area contributed by atoms with Gasteiger partial charge in [-0.25, -0.2) is 4.79 Å². The maximum absolute atomic E-state index is 11.4. The monoisotopic (exact) mass is 251 g/mol. The lowest BCUT2D eigenvalue weighted by Crippen LogP contribution is -2.56. The zero-order chi connectivity index (χ0) is 13.2. The third kappa shape index (κ3) is 1.85. The van der Waals surface area contributed by atoms with Gasteiger partial charge in [-0.1, -0.05) is 24.3 Å². The molecule has 1 atom stereocenters. The van der Waals surface area contributed by atoms with E-state index in [0.717, 1.165) is 11.1 Å². The fraction of sp³-hybridized carbons (Fsp3) is 0.462. The summed E-state index contributed by atoms with van der Waals surface area (Å²) in [5.41, 5.74) is 0.923. The summed E-state index contributed by atoms with van der Waals surface area (Å²) in [6, 6.07) is 7.72. The molecule has 1 N–H and O–H groups in total. The van der Waals surface area contributed by atoms with Crippen molar-refractivity contribution in [2.75, 3.05) is 27.4 Å². The van der Waals surface area contributed by atoms with E-state index in [1.54, 1.807) is 0 Å². The van der Waals surface area contributed by atoms with E-state index in [2.05, 4.69) is 0 Å².